The molecule has 0 aliphatic heterocycles. The van der Waals surface area contributed by atoms with Gasteiger partial charge in [0.15, 0.2) is 5.78 Å². The van der Waals surface area contributed by atoms with Crippen molar-refractivity contribution in [1.29, 1.82) is 0 Å². The Morgan fingerprint density at radius 3 is 2.21 bits per heavy atom. The van der Waals surface area contributed by atoms with Crippen LogP contribution in [0.3, 0.4) is 0 Å². The van der Waals surface area contributed by atoms with Crippen LogP contribution >= 0.6 is 11.6 Å². The number of hydrogen-bond donors (Lipinski definition) is 1. The molecule has 4 aromatic rings. The first kappa shape index (κ1) is 19.0. The fraction of sp³-hybridized carbons (Fsp3) is 0.0385. The van der Waals surface area contributed by atoms with Crippen LogP contribution in [-0.2, 0) is 0 Å². The van der Waals surface area contributed by atoms with Crippen LogP contribution in [-0.4, -0.2) is 5.78 Å². The van der Waals surface area contributed by atoms with Crippen molar-refractivity contribution >= 4 is 28.8 Å². The molecular formula is C26H20ClNO. The maximum absolute atomic E-state index is 12.9. The monoisotopic (exact) mass is 397 g/mol. The summed E-state index contributed by atoms with van der Waals surface area (Å²) in [6.07, 6.45) is 0. The van der Waals surface area contributed by atoms with E-state index in [9.17, 15) is 4.79 Å². The number of carbonyl (C=O) groups is 1. The maximum Gasteiger partial charge on any atom is 0.194 e. The molecule has 0 atom stereocenters. The molecule has 4 aromatic carbocycles. The van der Waals surface area contributed by atoms with E-state index in [0.717, 1.165) is 28.1 Å². The summed E-state index contributed by atoms with van der Waals surface area (Å²) in [5.41, 5.74) is 6.16. The van der Waals surface area contributed by atoms with Crippen molar-refractivity contribution in [2.45, 2.75) is 6.92 Å². The van der Waals surface area contributed by atoms with Gasteiger partial charge >= 0.3 is 0 Å². The number of anilines is 2. The lowest BCUT2D eigenvalue weighted by atomic mass is 9.99. The summed E-state index contributed by atoms with van der Waals surface area (Å²) in [5, 5.41) is 3.86. The molecule has 0 unspecified atom stereocenters. The fourth-order valence-electron chi connectivity index (χ4n) is 3.37. The molecule has 0 aromatic heterocycles. The van der Waals surface area contributed by atoms with E-state index in [0.29, 0.717) is 16.1 Å². The summed E-state index contributed by atoms with van der Waals surface area (Å²) in [4.78, 5) is 12.9. The number of aryl methyl sites for hydroxylation is 1. The number of carbonyl (C=O) groups excluding carboxylic acids is 1. The third-order valence-corrected chi connectivity index (χ3v) is 5.21. The summed E-state index contributed by atoms with van der Waals surface area (Å²) >= 11 is 6.49. The number of ketones is 1. The highest BCUT2D eigenvalue weighted by molar-refractivity contribution is 6.35. The number of para-hydroxylation sites is 1. The lowest BCUT2D eigenvalue weighted by Gasteiger charge is -2.14. The predicted molar refractivity (Wildman–Crippen MR) is 121 cm³/mol. The van der Waals surface area contributed by atoms with Crippen molar-refractivity contribution in [2.24, 2.45) is 0 Å². The van der Waals surface area contributed by atoms with Crippen LogP contribution in [0.15, 0.2) is 97.1 Å². The largest absolute Gasteiger partial charge is 0.355 e. The van der Waals surface area contributed by atoms with Crippen LogP contribution in [0.4, 0.5) is 11.4 Å². The number of rotatable bonds is 5. The van der Waals surface area contributed by atoms with E-state index in [1.165, 1.54) is 0 Å². The topological polar surface area (TPSA) is 29.1 Å². The molecule has 0 saturated heterocycles. The van der Waals surface area contributed by atoms with Crippen LogP contribution in [0.2, 0.25) is 5.02 Å². The lowest BCUT2D eigenvalue weighted by molar-refractivity contribution is 0.103. The summed E-state index contributed by atoms with van der Waals surface area (Å²) in [5.74, 6) is -0.0654. The molecule has 2 nitrogen and oxygen atoms in total. The van der Waals surface area contributed by atoms with Crippen LogP contribution in [0.5, 0.6) is 0 Å². The van der Waals surface area contributed by atoms with Crippen LogP contribution in [0.25, 0.3) is 11.1 Å². The van der Waals surface area contributed by atoms with Crippen LogP contribution < -0.4 is 5.32 Å². The second-order valence-corrected chi connectivity index (χ2v) is 7.28. The molecule has 0 aliphatic rings. The van der Waals surface area contributed by atoms with E-state index >= 15 is 0 Å². The van der Waals surface area contributed by atoms with E-state index in [4.69, 9.17) is 11.6 Å². The van der Waals surface area contributed by atoms with Crippen LogP contribution in [0.1, 0.15) is 21.5 Å². The first-order valence-corrected chi connectivity index (χ1v) is 9.82. The third kappa shape index (κ3) is 4.08. The quantitative estimate of drug-likeness (QED) is 0.358. The van der Waals surface area contributed by atoms with Gasteiger partial charge in [0.05, 0.1) is 5.02 Å². The Hall–Kier alpha value is -3.36. The van der Waals surface area contributed by atoms with Gasteiger partial charge in [0.1, 0.15) is 0 Å². The zero-order valence-electron chi connectivity index (χ0n) is 16.0. The van der Waals surface area contributed by atoms with Crippen molar-refractivity contribution in [3.8, 4) is 11.1 Å². The average Bonchev–Trinajstić information content (AvgIpc) is 2.75. The van der Waals surface area contributed by atoms with Gasteiger partial charge in [-0.15, -0.1) is 0 Å². The SMILES string of the molecule is Cc1ccccc1C(=O)c1ccc(Nc2ccccc2-c2ccccc2)cc1Cl. The Bertz CT molecular complexity index is 1170. The second kappa shape index (κ2) is 8.34. The molecule has 0 radical (unpaired) electrons. The van der Waals surface area contributed by atoms with Gasteiger partial charge in [0.25, 0.3) is 0 Å². The molecule has 0 aliphatic carbocycles. The summed E-state index contributed by atoms with van der Waals surface area (Å²) in [7, 11) is 0. The number of halogens is 1. The van der Waals surface area contributed by atoms with Gasteiger partial charge in [-0.25, -0.2) is 0 Å². The van der Waals surface area contributed by atoms with Crippen molar-refractivity contribution in [3.63, 3.8) is 0 Å². The molecule has 0 fully saturated rings. The maximum atomic E-state index is 12.9. The van der Waals surface area contributed by atoms with Gasteiger partial charge in [-0.05, 0) is 42.3 Å². The summed E-state index contributed by atoms with van der Waals surface area (Å²) in [6.45, 7) is 1.93. The average molecular weight is 398 g/mol. The molecule has 3 heteroatoms. The van der Waals surface area contributed by atoms with Gasteiger partial charge in [-0.3, -0.25) is 4.79 Å². The minimum atomic E-state index is -0.0654. The third-order valence-electron chi connectivity index (χ3n) is 4.89. The van der Waals surface area contributed by atoms with Gasteiger partial charge in [0, 0.05) is 28.1 Å². The van der Waals surface area contributed by atoms with Crippen molar-refractivity contribution < 1.29 is 4.79 Å². The molecule has 4 rings (SSSR count). The van der Waals surface area contributed by atoms with E-state index in [1.54, 1.807) is 12.1 Å². The van der Waals surface area contributed by atoms with Crippen LogP contribution in [0, 0.1) is 6.92 Å². The van der Waals surface area contributed by atoms with Gasteiger partial charge in [-0.2, -0.15) is 0 Å². The minimum Gasteiger partial charge on any atom is -0.355 e. The minimum absolute atomic E-state index is 0.0654. The highest BCUT2D eigenvalue weighted by Gasteiger charge is 2.15. The van der Waals surface area contributed by atoms with E-state index in [2.05, 4.69) is 23.5 Å². The number of hydrogen-bond acceptors (Lipinski definition) is 2. The van der Waals surface area contributed by atoms with E-state index in [1.807, 2.05) is 73.7 Å². The first-order chi connectivity index (χ1) is 14.1. The predicted octanol–water partition coefficient (Wildman–Crippen LogP) is 7.29. The Balaban J connectivity index is 1.64. The van der Waals surface area contributed by atoms with Crippen molar-refractivity contribution in [3.05, 3.63) is 119 Å². The highest BCUT2D eigenvalue weighted by Crippen LogP contribution is 2.32. The Labute approximate surface area is 175 Å². The Morgan fingerprint density at radius 2 is 1.45 bits per heavy atom. The second-order valence-electron chi connectivity index (χ2n) is 6.88. The molecule has 0 amide bonds. The molecule has 0 spiro atoms. The zero-order valence-corrected chi connectivity index (χ0v) is 16.8. The number of nitrogens with one attached hydrogen (secondary N) is 1. The summed E-state index contributed by atoms with van der Waals surface area (Å²) < 4.78 is 0. The standard InChI is InChI=1S/C26H20ClNO/c1-18-9-5-6-12-21(18)26(29)23-16-15-20(17-24(23)27)28-25-14-8-7-13-22(25)19-10-3-2-4-11-19/h2-17,28H,1H3. The molecule has 0 heterocycles. The molecule has 0 bridgehead atoms. The molecule has 1 N–H and O–H groups in total. The number of benzene rings is 4. The van der Waals surface area contributed by atoms with Crippen molar-refractivity contribution in [1.82, 2.24) is 0 Å². The normalized spacial score (nSPS) is 10.6. The highest BCUT2D eigenvalue weighted by atomic mass is 35.5. The smallest absolute Gasteiger partial charge is 0.194 e. The molecular weight excluding hydrogens is 378 g/mol. The summed E-state index contributed by atoms with van der Waals surface area (Å²) in [6, 6.07) is 31.3. The van der Waals surface area contributed by atoms with Gasteiger partial charge in [-0.1, -0.05) is 84.4 Å². The Morgan fingerprint density at radius 1 is 0.759 bits per heavy atom. The van der Waals surface area contributed by atoms with E-state index in [-0.39, 0.29) is 5.78 Å². The zero-order chi connectivity index (χ0) is 20.2. The first-order valence-electron chi connectivity index (χ1n) is 9.45. The molecule has 0 saturated carbocycles. The molecule has 29 heavy (non-hydrogen) atoms. The lowest BCUT2D eigenvalue weighted by Crippen LogP contribution is -2.04. The fourth-order valence-corrected chi connectivity index (χ4v) is 3.63. The Kier molecular flexibility index (Phi) is 5.46. The van der Waals surface area contributed by atoms with Crippen molar-refractivity contribution in [2.75, 3.05) is 5.32 Å². The van der Waals surface area contributed by atoms with Gasteiger partial charge in [0.2, 0.25) is 0 Å². The molecule has 142 valence electrons. The van der Waals surface area contributed by atoms with E-state index < -0.39 is 0 Å². The van der Waals surface area contributed by atoms with Gasteiger partial charge < -0.3 is 5.32 Å².